The number of ether oxygens (including phenoxy) is 3. The van der Waals surface area contributed by atoms with Crippen molar-refractivity contribution in [2.75, 3.05) is 28.4 Å². The van der Waals surface area contributed by atoms with Gasteiger partial charge in [-0.05, 0) is 0 Å². The Hall–Kier alpha value is -1.36. The van der Waals surface area contributed by atoms with Crippen LogP contribution < -0.4 is 0 Å². The van der Waals surface area contributed by atoms with Gasteiger partial charge in [-0.3, -0.25) is 0 Å². The molecule has 1 atom stereocenters. The lowest BCUT2D eigenvalue weighted by Crippen LogP contribution is -2.75. The van der Waals surface area contributed by atoms with E-state index in [1.54, 1.807) is 0 Å². The molecule has 0 radical (unpaired) electrons. The molecule has 0 rings (SSSR count). The quantitative estimate of drug-likeness (QED) is 0.166. The van der Waals surface area contributed by atoms with Crippen LogP contribution in [-0.2, 0) is 37.3 Å². The summed E-state index contributed by atoms with van der Waals surface area (Å²) < 4.78 is 32.9. The van der Waals surface area contributed by atoms with Crippen LogP contribution in [0.1, 0.15) is 6.92 Å². The summed E-state index contributed by atoms with van der Waals surface area (Å²) in [5, 5.41) is 0. The van der Waals surface area contributed by atoms with Gasteiger partial charge in [0.05, 0.1) is 25.9 Å². The minimum absolute atomic E-state index is 1.10. The van der Waals surface area contributed by atoms with Gasteiger partial charge >= 0.3 is 20.0 Å². The Labute approximate surface area is 132 Å². The third-order valence-electron chi connectivity index (χ3n) is 2.86. The zero-order valence-corrected chi connectivity index (χ0v) is 14.6. The molecule has 0 aromatic carbocycles. The van der Waals surface area contributed by atoms with Gasteiger partial charge in [0.25, 0.3) is 0 Å². The molecule has 0 heterocycles. The highest BCUT2D eigenvalue weighted by Gasteiger charge is 2.77. The maximum atomic E-state index is 5.56. The molecule has 8 nitrogen and oxygen atoms in total. The largest absolute Gasteiger partial charge is 0.599 e. The molecule has 0 N–H and O–H groups in total. The van der Waals surface area contributed by atoms with E-state index < -0.39 is 20.0 Å². The summed E-state index contributed by atoms with van der Waals surface area (Å²) in [6.45, 7) is 12.0. The van der Waals surface area contributed by atoms with Gasteiger partial charge in [-0.25, -0.2) is 4.89 Å². The van der Waals surface area contributed by atoms with E-state index in [1.165, 1.54) is 35.4 Å². The molecule has 0 aliphatic heterocycles. The summed E-state index contributed by atoms with van der Waals surface area (Å²) >= 11 is 0. The SMILES string of the molecule is C=COC(C)(OOC)C(OC=C)(OC=C)[Si](OC)(OC)OC. The highest BCUT2D eigenvalue weighted by atomic mass is 28.4. The van der Waals surface area contributed by atoms with Crippen LogP contribution >= 0.6 is 0 Å². The fraction of sp³-hybridized carbons (Fsp3) is 0.538. The van der Waals surface area contributed by atoms with Gasteiger partial charge in [-0.1, -0.05) is 19.7 Å². The van der Waals surface area contributed by atoms with E-state index >= 15 is 0 Å². The number of rotatable bonds is 13. The zero-order chi connectivity index (χ0) is 17.3. The molecule has 1 unspecified atom stereocenters. The van der Waals surface area contributed by atoms with E-state index in [4.69, 9.17) is 37.3 Å². The second-order valence-corrected chi connectivity index (χ2v) is 6.83. The predicted molar refractivity (Wildman–Crippen MR) is 79.9 cm³/mol. The number of hydrogen-bond acceptors (Lipinski definition) is 8. The highest BCUT2D eigenvalue weighted by molar-refractivity contribution is 6.63. The second-order valence-electron chi connectivity index (χ2n) is 3.83. The van der Waals surface area contributed by atoms with Crippen LogP contribution in [0.15, 0.2) is 38.5 Å². The van der Waals surface area contributed by atoms with Crippen molar-refractivity contribution in [2.45, 2.75) is 18.1 Å². The maximum absolute atomic E-state index is 5.56. The van der Waals surface area contributed by atoms with E-state index in [9.17, 15) is 0 Å². The lowest BCUT2D eigenvalue weighted by Gasteiger charge is -2.47. The molecule has 0 aromatic rings. The Morgan fingerprint density at radius 2 is 1.18 bits per heavy atom. The monoisotopic (exact) mass is 336 g/mol. The Morgan fingerprint density at radius 1 is 0.773 bits per heavy atom. The first-order valence-electron chi connectivity index (χ1n) is 6.16. The summed E-state index contributed by atoms with van der Waals surface area (Å²) in [7, 11) is 1.68. The van der Waals surface area contributed by atoms with Crippen LogP contribution in [-0.4, -0.2) is 48.4 Å². The molecule has 0 saturated heterocycles. The summed E-state index contributed by atoms with van der Waals surface area (Å²) in [4.78, 5) is 9.95. The van der Waals surface area contributed by atoms with Gasteiger partial charge in [-0.15, -0.1) is 0 Å². The van der Waals surface area contributed by atoms with Gasteiger partial charge in [0.1, 0.15) is 0 Å². The normalized spacial score (nSPS) is 14.6. The fourth-order valence-corrected chi connectivity index (χ4v) is 4.44. The third kappa shape index (κ3) is 3.34. The lowest BCUT2D eigenvalue weighted by atomic mass is 10.3. The fourth-order valence-electron chi connectivity index (χ4n) is 2.02. The van der Waals surface area contributed by atoms with Gasteiger partial charge in [0.2, 0.25) is 0 Å². The van der Waals surface area contributed by atoms with Crippen molar-refractivity contribution < 1.29 is 37.3 Å². The Kier molecular flexibility index (Phi) is 8.38. The van der Waals surface area contributed by atoms with Gasteiger partial charge in [0, 0.05) is 28.3 Å². The van der Waals surface area contributed by atoms with Crippen molar-refractivity contribution >= 4 is 8.80 Å². The smallest absolute Gasteiger partial charge is 0.461 e. The van der Waals surface area contributed by atoms with E-state index in [1.807, 2.05) is 0 Å². The molecule has 0 amide bonds. The van der Waals surface area contributed by atoms with E-state index in [0.717, 1.165) is 18.8 Å². The van der Waals surface area contributed by atoms with E-state index in [-0.39, 0.29) is 0 Å². The minimum atomic E-state index is -3.71. The molecule has 0 aromatic heterocycles. The summed E-state index contributed by atoms with van der Waals surface area (Å²) in [5.41, 5.74) is -1.88. The molecule has 0 aliphatic rings. The van der Waals surface area contributed by atoms with Crippen molar-refractivity contribution in [2.24, 2.45) is 0 Å². The number of hydrogen-bond donors (Lipinski definition) is 0. The van der Waals surface area contributed by atoms with Crippen LogP contribution in [0.5, 0.6) is 0 Å². The van der Waals surface area contributed by atoms with Crippen molar-refractivity contribution in [3.63, 3.8) is 0 Å². The summed E-state index contributed by atoms with van der Waals surface area (Å²) in [6.07, 6.45) is 3.32. The molecule has 0 bridgehead atoms. The average Bonchev–Trinajstić information content (AvgIpc) is 2.50. The van der Waals surface area contributed by atoms with Crippen LogP contribution in [0.4, 0.5) is 0 Å². The molecular formula is C13H24O8Si. The van der Waals surface area contributed by atoms with Crippen LogP contribution in [0.2, 0.25) is 0 Å². The first kappa shape index (κ1) is 20.6. The second kappa shape index (κ2) is 8.93. The zero-order valence-electron chi connectivity index (χ0n) is 13.6. The van der Waals surface area contributed by atoms with E-state index in [2.05, 4.69) is 19.7 Å². The van der Waals surface area contributed by atoms with Crippen molar-refractivity contribution in [3.8, 4) is 0 Å². The predicted octanol–water partition coefficient (Wildman–Crippen LogP) is 1.87. The Morgan fingerprint density at radius 3 is 1.45 bits per heavy atom. The van der Waals surface area contributed by atoms with Crippen molar-refractivity contribution in [1.82, 2.24) is 0 Å². The van der Waals surface area contributed by atoms with Gasteiger partial charge in [0.15, 0.2) is 0 Å². The standard InChI is InChI=1S/C13H24O8Si/c1-9-18-12(4,21-14-5)13(19-10-2,20-11-3)22(15-6,16-7)17-8/h9-11H,1-3H2,4-8H3. The first-order chi connectivity index (χ1) is 10.4. The minimum Gasteiger partial charge on any atom is -0.461 e. The van der Waals surface area contributed by atoms with Crippen molar-refractivity contribution in [3.05, 3.63) is 38.5 Å². The highest BCUT2D eigenvalue weighted by Crippen LogP contribution is 2.42. The molecule has 9 heteroatoms. The summed E-state index contributed by atoms with van der Waals surface area (Å²) in [6, 6.07) is 0. The molecule has 0 spiro atoms. The molecule has 128 valence electrons. The summed E-state index contributed by atoms with van der Waals surface area (Å²) in [5.74, 6) is -1.74. The molecule has 0 aliphatic carbocycles. The molecule has 22 heavy (non-hydrogen) atoms. The van der Waals surface area contributed by atoms with E-state index in [0.29, 0.717) is 0 Å². The first-order valence-corrected chi connectivity index (χ1v) is 7.89. The Bertz CT molecular complexity index is 353. The van der Waals surface area contributed by atoms with Gasteiger partial charge < -0.3 is 27.5 Å². The maximum Gasteiger partial charge on any atom is 0.599 e. The lowest BCUT2D eigenvalue weighted by molar-refractivity contribution is -0.461. The third-order valence-corrected chi connectivity index (χ3v) is 5.96. The average molecular weight is 336 g/mol. The van der Waals surface area contributed by atoms with Crippen LogP contribution in [0.3, 0.4) is 0 Å². The topological polar surface area (TPSA) is 73.8 Å². The Balaban J connectivity index is 6.41. The van der Waals surface area contributed by atoms with Crippen molar-refractivity contribution in [1.29, 1.82) is 0 Å². The van der Waals surface area contributed by atoms with Crippen LogP contribution in [0.25, 0.3) is 0 Å². The van der Waals surface area contributed by atoms with Crippen LogP contribution in [0, 0.1) is 0 Å². The molecule has 0 saturated carbocycles. The molecular weight excluding hydrogens is 312 g/mol. The molecule has 0 fully saturated rings. The van der Waals surface area contributed by atoms with Gasteiger partial charge in [-0.2, -0.15) is 4.89 Å².